The molecule has 5 heteroatoms. The molecule has 0 aliphatic heterocycles. The smallest absolute Gasteiger partial charge is 0.243 e. The van der Waals surface area contributed by atoms with Crippen LogP contribution in [0.25, 0.3) is 0 Å². The van der Waals surface area contributed by atoms with Crippen molar-refractivity contribution >= 4 is 10.0 Å². The van der Waals surface area contributed by atoms with Crippen molar-refractivity contribution in [3.05, 3.63) is 42.0 Å². The lowest BCUT2D eigenvalue weighted by Gasteiger charge is -2.21. The molecular weight excluding hydrogens is 260 g/mol. The summed E-state index contributed by atoms with van der Waals surface area (Å²) in [4.78, 5) is 0.339. The minimum absolute atomic E-state index is 0.322. The van der Waals surface area contributed by atoms with E-state index in [1.165, 1.54) is 4.31 Å². The zero-order valence-electron chi connectivity index (χ0n) is 11.6. The summed E-state index contributed by atoms with van der Waals surface area (Å²) in [7, 11) is -3.48. The third-order valence-electron chi connectivity index (χ3n) is 3.04. The normalized spacial score (nSPS) is 11.8. The molecule has 0 atom stereocenters. The summed E-state index contributed by atoms with van der Waals surface area (Å²) in [5.41, 5.74) is 7.22. The number of sulfonamides is 1. The quantitative estimate of drug-likeness (QED) is 0.778. The summed E-state index contributed by atoms with van der Waals surface area (Å²) in [6.45, 7) is 8.52. The van der Waals surface area contributed by atoms with Crippen LogP contribution in [0.1, 0.15) is 24.5 Å². The van der Waals surface area contributed by atoms with Gasteiger partial charge < -0.3 is 5.73 Å². The fourth-order valence-corrected chi connectivity index (χ4v) is 3.77. The maximum Gasteiger partial charge on any atom is 0.243 e. The molecule has 0 aliphatic carbocycles. The van der Waals surface area contributed by atoms with Crippen LogP contribution >= 0.6 is 0 Å². The topological polar surface area (TPSA) is 63.4 Å². The SMILES string of the molecule is C=CCN(CCC)S(=O)(=O)c1cccc(CN)c1C. The Morgan fingerprint density at radius 1 is 1.42 bits per heavy atom. The highest BCUT2D eigenvalue weighted by molar-refractivity contribution is 7.89. The van der Waals surface area contributed by atoms with Gasteiger partial charge in [0.15, 0.2) is 0 Å². The minimum atomic E-state index is -3.48. The van der Waals surface area contributed by atoms with Crippen molar-refractivity contribution < 1.29 is 8.42 Å². The van der Waals surface area contributed by atoms with Gasteiger partial charge in [-0.3, -0.25) is 0 Å². The Balaban J connectivity index is 3.28. The van der Waals surface area contributed by atoms with Gasteiger partial charge in [0.2, 0.25) is 10.0 Å². The molecule has 0 unspecified atom stereocenters. The Bertz CT molecular complexity index is 538. The first-order valence-electron chi connectivity index (χ1n) is 6.38. The monoisotopic (exact) mass is 282 g/mol. The van der Waals surface area contributed by atoms with E-state index in [-0.39, 0.29) is 0 Å². The van der Waals surface area contributed by atoms with E-state index < -0.39 is 10.0 Å². The zero-order chi connectivity index (χ0) is 14.5. The molecule has 19 heavy (non-hydrogen) atoms. The molecule has 0 aromatic heterocycles. The highest BCUT2D eigenvalue weighted by atomic mass is 32.2. The lowest BCUT2D eigenvalue weighted by molar-refractivity contribution is 0.441. The van der Waals surface area contributed by atoms with Crippen molar-refractivity contribution in [3.8, 4) is 0 Å². The third kappa shape index (κ3) is 3.43. The fourth-order valence-electron chi connectivity index (χ4n) is 2.00. The van der Waals surface area contributed by atoms with Crippen molar-refractivity contribution in [1.82, 2.24) is 4.31 Å². The van der Waals surface area contributed by atoms with Crippen LogP contribution in [-0.2, 0) is 16.6 Å². The van der Waals surface area contributed by atoms with Gasteiger partial charge in [-0.25, -0.2) is 8.42 Å². The van der Waals surface area contributed by atoms with Crippen LogP contribution < -0.4 is 5.73 Å². The Labute approximate surface area is 116 Å². The van der Waals surface area contributed by atoms with Crippen molar-refractivity contribution in [2.75, 3.05) is 13.1 Å². The average Bonchev–Trinajstić information content (AvgIpc) is 2.38. The molecule has 0 radical (unpaired) electrons. The van der Waals surface area contributed by atoms with Gasteiger partial charge in [0.1, 0.15) is 0 Å². The summed E-state index contributed by atoms with van der Waals surface area (Å²) in [5.74, 6) is 0. The first kappa shape index (κ1) is 15.9. The van der Waals surface area contributed by atoms with Crippen LogP contribution in [0.2, 0.25) is 0 Å². The predicted molar refractivity (Wildman–Crippen MR) is 78.3 cm³/mol. The van der Waals surface area contributed by atoms with Gasteiger partial charge in [-0.05, 0) is 30.5 Å². The van der Waals surface area contributed by atoms with E-state index in [0.29, 0.717) is 24.5 Å². The Hall–Kier alpha value is -1.17. The fraction of sp³-hybridized carbons (Fsp3) is 0.429. The lowest BCUT2D eigenvalue weighted by Crippen LogP contribution is -2.32. The molecule has 0 heterocycles. The molecule has 1 aromatic carbocycles. The predicted octanol–water partition coefficient (Wildman–Crippen LogP) is 2.04. The standard InChI is InChI=1S/C14H22N2O2S/c1-4-9-16(10-5-2)19(17,18)14-8-6-7-13(11-15)12(14)3/h4,6-8H,1,5,9-11,15H2,2-3H3. The van der Waals surface area contributed by atoms with E-state index in [1.54, 1.807) is 25.1 Å². The zero-order valence-corrected chi connectivity index (χ0v) is 12.4. The first-order valence-corrected chi connectivity index (χ1v) is 7.82. The van der Waals surface area contributed by atoms with E-state index in [1.807, 2.05) is 13.0 Å². The number of hydrogen-bond acceptors (Lipinski definition) is 3. The third-order valence-corrected chi connectivity index (χ3v) is 5.05. The van der Waals surface area contributed by atoms with E-state index in [9.17, 15) is 8.42 Å². The Kier molecular flexibility index (Phi) is 5.72. The van der Waals surface area contributed by atoms with Crippen LogP contribution in [0.15, 0.2) is 35.7 Å². The van der Waals surface area contributed by atoms with E-state index in [0.717, 1.165) is 17.5 Å². The van der Waals surface area contributed by atoms with Crippen molar-refractivity contribution in [1.29, 1.82) is 0 Å². The van der Waals surface area contributed by atoms with Crippen molar-refractivity contribution in [3.63, 3.8) is 0 Å². The number of hydrogen-bond donors (Lipinski definition) is 1. The van der Waals surface area contributed by atoms with Gasteiger partial charge in [0.25, 0.3) is 0 Å². The molecule has 0 saturated carbocycles. The minimum Gasteiger partial charge on any atom is -0.326 e. The van der Waals surface area contributed by atoms with Crippen LogP contribution in [0.5, 0.6) is 0 Å². The Morgan fingerprint density at radius 2 is 2.11 bits per heavy atom. The molecule has 1 aromatic rings. The molecular formula is C14H22N2O2S. The van der Waals surface area contributed by atoms with Crippen molar-refractivity contribution in [2.24, 2.45) is 5.73 Å². The highest BCUT2D eigenvalue weighted by Gasteiger charge is 2.25. The van der Waals surface area contributed by atoms with Crippen LogP contribution in [0, 0.1) is 6.92 Å². The largest absolute Gasteiger partial charge is 0.326 e. The molecule has 0 aliphatic rings. The highest BCUT2D eigenvalue weighted by Crippen LogP contribution is 2.22. The van der Waals surface area contributed by atoms with Crippen molar-refractivity contribution in [2.45, 2.75) is 31.7 Å². The maximum absolute atomic E-state index is 12.6. The average molecular weight is 282 g/mol. The molecule has 0 bridgehead atoms. The molecule has 0 amide bonds. The van der Waals surface area contributed by atoms with E-state index in [4.69, 9.17) is 5.73 Å². The van der Waals surface area contributed by atoms with Crippen LogP contribution in [-0.4, -0.2) is 25.8 Å². The molecule has 0 fully saturated rings. The van der Waals surface area contributed by atoms with Crippen LogP contribution in [0.3, 0.4) is 0 Å². The number of rotatable bonds is 7. The molecule has 0 saturated heterocycles. The van der Waals surface area contributed by atoms with Gasteiger partial charge in [0.05, 0.1) is 4.90 Å². The Morgan fingerprint density at radius 3 is 2.63 bits per heavy atom. The molecule has 1 rings (SSSR count). The summed E-state index contributed by atoms with van der Waals surface area (Å²) in [5, 5.41) is 0. The lowest BCUT2D eigenvalue weighted by atomic mass is 10.1. The summed E-state index contributed by atoms with van der Waals surface area (Å²) in [6.07, 6.45) is 2.37. The summed E-state index contributed by atoms with van der Waals surface area (Å²) in [6, 6.07) is 5.22. The number of nitrogens with two attached hydrogens (primary N) is 1. The molecule has 0 spiro atoms. The summed E-state index contributed by atoms with van der Waals surface area (Å²) >= 11 is 0. The maximum atomic E-state index is 12.6. The van der Waals surface area contributed by atoms with Gasteiger partial charge >= 0.3 is 0 Å². The van der Waals surface area contributed by atoms with Gasteiger partial charge in [-0.15, -0.1) is 6.58 Å². The first-order chi connectivity index (χ1) is 8.98. The summed E-state index contributed by atoms with van der Waals surface area (Å²) < 4.78 is 26.7. The van der Waals surface area contributed by atoms with E-state index in [2.05, 4.69) is 6.58 Å². The second-order valence-corrected chi connectivity index (χ2v) is 6.30. The molecule has 2 N–H and O–H groups in total. The van der Waals surface area contributed by atoms with Gasteiger partial charge in [0, 0.05) is 19.6 Å². The van der Waals surface area contributed by atoms with Crippen LogP contribution in [0.4, 0.5) is 0 Å². The van der Waals surface area contributed by atoms with Gasteiger partial charge in [-0.2, -0.15) is 4.31 Å². The van der Waals surface area contributed by atoms with E-state index >= 15 is 0 Å². The number of nitrogens with zero attached hydrogens (tertiary/aromatic N) is 1. The second kappa shape index (κ2) is 6.84. The van der Waals surface area contributed by atoms with Gasteiger partial charge in [-0.1, -0.05) is 25.1 Å². The molecule has 106 valence electrons. The molecule has 4 nitrogen and oxygen atoms in total. The second-order valence-electron chi connectivity index (χ2n) is 4.40. The number of benzene rings is 1.